The lowest BCUT2D eigenvalue weighted by Crippen LogP contribution is -2.17. The van der Waals surface area contributed by atoms with Crippen molar-refractivity contribution in [2.24, 2.45) is 0 Å². The molecule has 4 nitrogen and oxygen atoms in total. The molecule has 2 rings (SSSR count). The maximum absolute atomic E-state index is 10.1. The molecule has 0 saturated carbocycles. The molecule has 1 heterocycles. The van der Waals surface area contributed by atoms with Crippen molar-refractivity contribution in [3.05, 3.63) is 23.3 Å². The van der Waals surface area contributed by atoms with E-state index in [0.717, 1.165) is 29.2 Å². The van der Waals surface area contributed by atoms with Crippen LogP contribution in [0.2, 0.25) is 0 Å². The van der Waals surface area contributed by atoms with E-state index in [-0.39, 0.29) is 0 Å². The smallest absolute Gasteiger partial charge is 0.161 e. The molecule has 1 aromatic rings. The number of aryl methyl sites for hydroxylation is 1. The Bertz CT molecular complexity index is 392. The van der Waals surface area contributed by atoms with Crippen LogP contribution in [0.25, 0.3) is 0 Å². The number of hydrogen-bond donors (Lipinski definition) is 2. The quantitative estimate of drug-likeness (QED) is 0.831. The van der Waals surface area contributed by atoms with E-state index in [0.29, 0.717) is 19.6 Å². The Hall–Kier alpha value is -1.26. The lowest BCUT2D eigenvalue weighted by molar-refractivity contribution is 0.159. The zero-order valence-electron chi connectivity index (χ0n) is 10.3. The molecule has 0 radical (unpaired) electrons. The summed E-state index contributed by atoms with van der Waals surface area (Å²) in [5.41, 5.74) is 1.96. The van der Waals surface area contributed by atoms with Gasteiger partial charge in [-0.25, -0.2) is 0 Å². The zero-order valence-corrected chi connectivity index (χ0v) is 10.3. The molecule has 0 aromatic heterocycles. The average molecular weight is 237 g/mol. The van der Waals surface area contributed by atoms with Crippen molar-refractivity contribution < 1.29 is 14.6 Å². The maximum atomic E-state index is 10.1. The van der Waals surface area contributed by atoms with Gasteiger partial charge in [-0.3, -0.25) is 0 Å². The van der Waals surface area contributed by atoms with Gasteiger partial charge in [0.15, 0.2) is 11.5 Å². The number of hydrogen-bond acceptors (Lipinski definition) is 4. The van der Waals surface area contributed by atoms with Crippen LogP contribution in [-0.4, -0.2) is 31.9 Å². The Morgan fingerprint density at radius 1 is 1.29 bits per heavy atom. The summed E-state index contributed by atoms with van der Waals surface area (Å²) >= 11 is 0. The molecule has 1 aliphatic rings. The molecule has 2 N–H and O–H groups in total. The molecule has 17 heavy (non-hydrogen) atoms. The fourth-order valence-electron chi connectivity index (χ4n) is 2.00. The highest BCUT2D eigenvalue weighted by Gasteiger charge is 2.17. The summed E-state index contributed by atoms with van der Waals surface area (Å²) in [7, 11) is 1.88. The molecule has 1 aromatic carbocycles. The number of fused-ring (bicyclic) bond motifs is 1. The van der Waals surface area contributed by atoms with Gasteiger partial charge in [0.25, 0.3) is 0 Å². The van der Waals surface area contributed by atoms with Gasteiger partial charge in [0.1, 0.15) is 13.2 Å². The molecule has 94 valence electrons. The lowest BCUT2D eigenvalue weighted by atomic mass is 10.00. The topological polar surface area (TPSA) is 50.7 Å². The Morgan fingerprint density at radius 2 is 1.94 bits per heavy atom. The Labute approximate surface area is 102 Å². The number of aliphatic hydroxyl groups is 1. The molecule has 0 amide bonds. The van der Waals surface area contributed by atoms with Crippen molar-refractivity contribution in [2.45, 2.75) is 19.4 Å². The van der Waals surface area contributed by atoms with Gasteiger partial charge in [0.2, 0.25) is 0 Å². The van der Waals surface area contributed by atoms with Gasteiger partial charge in [0.05, 0.1) is 6.10 Å². The van der Waals surface area contributed by atoms with Crippen LogP contribution in [0.4, 0.5) is 0 Å². The van der Waals surface area contributed by atoms with E-state index in [9.17, 15) is 5.11 Å². The third kappa shape index (κ3) is 2.70. The molecule has 1 aliphatic heterocycles. The fraction of sp³-hybridized carbons (Fsp3) is 0.538. The number of nitrogens with one attached hydrogen (secondary N) is 1. The third-order valence-electron chi connectivity index (χ3n) is 2.96. The van der Waals surface area contributed by atoms with Gasteiger partial charge in [-0.2, -0.15) is 0 Å². The van der Waals surface area contributed by atoms with Crippen molar-refractivity contribution in [1.29, 1.82) is 0 Å². The van der Waals surface area contributed by atoms with Crippen LogP contribution in [0, 0.1) is 6.92 Å². The normalized spacial score (nSPS) is 15.7. The van der Waals surface area contributed by atoms with Crippen LogP contribution in [0.3, 0.4) is 0 Å². The third-order valence-corrected chi connectivity index (χ3v) is 2.96. The summed E-state index contributed by atoms with van der Waals surface area (Å²) in [4.78, 5) is 0. The van der Waals surface area contributed by atoms with Crippen LogP contribution >= 0.6 is 0 Å². The maximum Gasteiger partial charge on any atom is 0.161 e. The highest BCUT2D eigenvalue weighted by Crippen LogP contribution is 2.35. The first-order valence-electron chi connectivity index (χ1n) is 5.95. The molecule has 0 aliphatic carbocycles. The van der Waals surface area contributed by atoms with E-state index in [4.69, 9.17) is 9.47 Å². The average Bonchev–Trinajstić information content (AvgIpc) is 2.35. The fourth-order valence-corrected chi connectivity index (χ4v) is 2.00. The van der Waals surface area contributed by atoms with Crippen LogP contribution in [0.1, 0.15) is 23.7 Å². The molecule has 0 saturated heterocycles. The molecule has 0 fully saturated rings. The van der Waals surface area contributed by atoms with Gasteiger partial charge < -0.3 is 19.9 Å². The second-order valence-electron chi connectivity index (χ2n) is 4.26. The zero-order chi connectivity index (χ0) is 12.3. The minimum Gasteiger partial charge on any atom is -0.486 e. The first-order valence-corrected chi connectivity index (χ1v) is 5.95. The van der Waals surface area contributed by atoms with Crippen molar-refractivity contribution in [3.8, 4) is 11.5 Å². The van der Waals surface area contributed by atoms with E-state index < -0.39 is 6.10 Å². The van der Waals surface area contributed by atoms with E-state index in [2.05, 4.69) is 5.32 Å². The second-order valence-corrected chi connectivity index (χ2v) is 4.26. The largest absolute Gasteiger partial charge is 0.486 e. The number of rotatable bonds is 4. The van der Waals surface area contributed by atoms with E-state index in [1.807, 2.05) is 26.1 Å². The number of benzene rings is 1. The molecule has 0 spiro atoms. The first kappa shape index (κ1) is 12.2. The van der Waals surface area contributed by atoms with Crippen molar-refractivity contribution >= 4 is 0 Å². The molecule has 0 bridgehead atoms. The highest BCUT2D eigenvalue weighted by atomic mass is 16.6. The second kappa shape index (κ2) is 5.38. The predicted molar refractivity (Wildman–Crippen MR) is 65.7 cm³/mol. The van der Waals surface area contributed by atoms with E-state index in [1.165, 1.54) is 0 Å². The van der Waals surface area contributed by atoms with Gasteiger partial charge in [-0.15, -0.1) is 0 Å². The van der Waals surface area contributed by atoms with E-state index in [1.54, 1.807) is 0 Å². The summed E-state index contributed by atoms with van der Waals surface area (Å²) in [6.45, 7) is 3.93. The first-order chi connectivity index (χ1) is 8.22. The van der Waals surface area contributed by atoms with Gasteiger partial charge in [-0.05, 0) is 50.2 Å². The Kier molecular flexibility index (Phi) is 3.86. The van der Waals surface area contributed by atoms with Gasteiger partial charge >= 0.3 is 0 Å². The summed E-state index contributed by atoms with van der Waals surface area (Å²) in [6, 6.07) is 3.83. The highest BCUT2D eigenvalue weighted by molar-refractivity contribution is 5.48. The molecule has 4 heteroatoms. The van der Waals surface area contributed by atoms with Crippen LogP contribution < -0.4 is 14.8 Å². The van der Waals surface area contributed by atoms with Crippen LogP contribution in [0.5, 0.6) is 11.5 Å². The number of ether oxygens (including phenoxy) is 2. The standard InChI is InChI=1S/C13H19NO3/c1-9-7-12-13(17-6-5-16-12)8-10(9)11(15)3-4-14-2/h7-8,11,14-15H,3-6H2,1-2H3. The SMILES string of the molecule is CNCCC(O)c1cc2c(cc1C)OCCO2. The van der Waals surface area contributed by atoms with E-state index >= 15 is 0 Å². The summed E-state index contributed by atoms with van der Waals surface area (Å²) in [5.74, 6) is 1.51. The minimum absolute atomic E-state index is 0.460. The predicted octanol–water partition coefficient (Wildman–Crippen LogP) is 1.41. The summed E-state index contributed by atoms with van der Waals surface area (Å²) in [6.07, 6.45) is 0.232. The Morgan fingerprint density at radius 3 is 2.59 bits per heavy atom. The molecule has 1 unspecified atom stereocenters. The van der Waals surface area contributed by atoms with Crippen LogP contribution in [0.15, 0.2) is 12.1 Å². The molecule has 1 atom stereocenters. The molecular formula is C13H19NO3. The Balaban J connectivity index is 2.22. The van der Waals surface area contributed by atoms with Crippen molar-refractivity contribution in [1.82, 2.24) is 5.32 Å². The summed E-state index contributed by atoms with van der Waals surface area (Å²) < 4.78 is 11.0. The van der Waals surface area contributed by atoms with Crippen molar-refractivity contribution in [3.63, 3.8) is 0 Å². The molecular weight excluding hydrogens is 218 g/mol. The summed E-state index contributed by atoms with van der Waals surface area (Å²) in [5, 5.41) is 13.1. The number of aliphatic hydroxyl groups excluding tert-OH is 1. The van der Waals surface area contributed by atoms with Crippen molar-refractivity contribution in [2.75, 3.05) is 26.8 Å². The minimum atomic E-state index is -0.460. The lowest BCUT2D eigenvalue weighted by Gasteiger charge is -2.22. The van der Waals surface area contributed by atoms with Gasteiger partial charge in [-0.1, -0.05) is 0 Å². The van der Waals surface area contributed by atoms with Gasteiger partial charge in [0, 0.05) is 0 Å². The van der Waals surface area contributed by atoms with Crippen LogP contribution in [-0.2, 0) is 0 Å². The monoisotopic (exact) mass is 237 g/mol.